The van der Waals surface area contributed by atoms with E-state index in [2.05, 4.69) is 9.71 Å². The highest BCUT2D eigenvalue weighted by atomic mass is 32.2. The summed E-state index contributed by atoms with van der Waals surface area (Å²) < 4.78 is 34.8. The molecule has 0 aromatic carbocycles. The number of nitrogens with zero attached hydrogens (tertiary/aromatic N) is 2. The summed E-state index contributed by atoms with van der Waals surface area (Å²) in [5, 5.41) is 10.2. The van der Waals surface area contributed by atoms with Crippen LogP contribution in [0.4, 0.5) is 0 Å². The minimum atomic E-state index is -3.69. The molecule has 3 rings (SSSR count). The van der Waals surface area contributed by atoms with Gasteiger partial charge in [-0.05, 0) is 38.7 Å². The summed E-state index contributed by atoms with van der Waals surface area (Å²) in [6.45, 7) is 4.05. The Morgan fingerprint density at radius 3 is 2.83 bits per heavy atom. The van der Waals surface area contributed by atoms with E-state index in [0.717, 1.165) is 6.54 Å². The third-order valence-electron chi connectivity index (χ3n) is 4.25. The number of sulfonamides is 1. The van der Waals surface area contributed by atoms with E-state index in [1.807, 2.05) is 10.8 Å². The van der Waals surface area contributed by atoms with E-state index in [4.69, 9.17) is 4.42 Å². The molecule has 8 heteroatoms. The van der Waals surface area contributed by atoms with Gasteiger partial charge < -0.3 is 14.1 Å². The number of furan rings is 1. The van der Waals surface area contributed by atoms with Gasteiger partial charge in [0.2, 0.25) is 10.0 Å². The molecule has 1 aliphatic carbocycles. The zero-order valence-corrected chi connectivity index (χ0v) is 14.0. The van der Waals surface area contributed by atoms with Crippen LogP contribution in [0, 0.1) is 19.8 Å². The molecular formula is C15H21N3O4S. The normalized spacial score (nSPS) is 25.1. The number of aryl methyl sites for hydroxylation is 2. The highest BCUT2D eigenvalue weighted by molar-refractivity contribution is 7.89. The Bertz CT molecular complexity index is 767. The van der Waals surface area contributed by atoms with E-state index in [-0.39, 0.29) is 10.8 Å². The molecule has 3 atom stereocenters. The van der Waals surface area contributed by atoms with Gasteiger partial charge in [-0.25, -0.2) is 18.1 Å². The predicted octanol–water partition coefficient (Wildman–Crippen LogP) is 1.21. The molecule has 0 aliphatic heterocycles. The first kappa shape index (κ1) is 16.2. The number of nitrogens with one attached hydrogen (secondary N) is 1. The van der Waals surface area contributed by atoms with Gasteiger partial charge in [0.15, 0.2) is 0 Å². The molecule has 23 heavy (non-hydrogen) atoms. The van der Waals surface area contributed by atoms with Crippen molar-refractivity contribution in [2.24, 2.45) is 5.92 Å². The molecule has 0 spiro atoms. The number of rotatable bonds is 5. The fourth-order valence-corrected chi connectivity index (χ4v) is 4.74. The van der Waals surface area contributed by atoms with Crippen molar-refractivity contribution in [2.45, 2.75) is 50.3 Å². The van der Waals surface area contributed by atoms with Crippen molar-refractivity contribution in [3.05, 3.63) is 36.3 Å². The molecule has 0 amide bonds. The van der Waals surface area contributed by atoms with Gasteiger partial charge in [0.1, 0.15) is 16.4 Å². The van der Waals surface area contributed by atoms with E-state index >= 15 is 0 Å². The zero-order chi connectivity index (χ0) is 16.6. The summed E-state index contributed by atoms with van der Waals surface area (Å²) in [6, 6.07) is 1.02. The third kappa shape index (κ3) is 3.49. The quantitative estimate of drug-likeness (QED) is 0.853. The molecule has 1 unspecified atom stereocenters. The topological polar surface area (TPSA) is 97.4 Å². The van der Waals surface area contributed by atoms with Crippen LogP contribution < -0.4 is 4.72 Å². The lowest BCUT2D eigenvalue weighted by Crippen LogP contribution is -2.39. The van der Waals surface area contributed by atoms with Crippen LogP contribution in [0.5, 0.6) is 0 Å². The second-order valence-electron chi connectivity index (χ2n) is 6.17. The highest BCUT2D eigenvalue weighted by Crippen LogP contribution is 2.29. The molecule has 1 fully saturated rings. The van der Waals surface area contributed by atoms with Gasteiger partial charge in [-0.1, -0.05) is 0 Å². The minimum Gasteiger partial charge on any atom is -0.465 e. The van der Waals surface area contributed by atoms with Crippen LogP contribution in [0.3, 0.4) is 0 Å². The smallest absolute Gasteiger partial charge is 0.244 e. The molecule has 126 valence electrons. The van der Waals surface area contributed by atoms with Crippen LogP contribution in [-0.4, -0.2) is 35.2 Å². The average molecular weight is 339 g/mol. The van der Waals surface area contributed by atoms with E-state index < -0.39 is 22.2 Å². The Morgan fingerprint density at radius 1 is 1.43 bits per heavy atom. The van der Waals surface area contributed by atoms with Crippen molar-refractivity contribution < 1.29 is 17.9 Å². The third-order valence-corrected chi connectivity index (χ3v) is 5.84. The van der Waals surface area contributed by atoms with Crippen LogP contribution in [-0.2, 0) is 16.6 Å². The van der Waals surface area contributed by atoms with E-state index in [9.17, 15) is 13.5 Å². The maximum atomic E-state index is 12.5. The average Bonchev–Trinajstić information content (AvgIpc) is 3.14. The van der Waals surface area contributed by atoms with E-state index in [1.54, 1.807) is 26.4 Å². The van der Waals surface area contributed by atoms with Crippen molar-refractivity contribution in [1.29, 1.82) is 0 Å². The van der Waals surface area contributed by atoms with Gasteiger partial charge in [0.25, 0.3) is 0 Å². The van der Waals surface area contributed by atoms with Crippen LogP contribution in [0.2, 0.25) is 0 Å². The maximum absolute atomic E-state index is 12.5. The van der Waals surface area contributed by atoms with Gasteiger partial charge in [-0.2, -0.15) is 0 Å². The SMILES string of the molecule is Cc1cc(S(=O)(=O)N[C@@H]2CC(Cn3ccnc3)C[C@H]2O)c(C)o1. The molecule has 2 N–H and O–H groups in total. The number of aliphatic hydroxyl groups is 1. The molecule has 2 aromatic heterocycles. The molecule has 2 heterocycles. The number of aromatic nitrogens is 2. The molecule has 0 bridgehead atoms. The summed E-state index contributed by atoms with van der Waals surface area (Å²) in [6.07, 6.45) is 5.76. The highest BCUT2D eigenvalue weighted by Gasteiger charge is 2.36. The molecule has 2 aromatic rings. The van der Waals surface area contributed by atoms with E-state index in [1.165, 1.54) is 6.07 Å². The number of aliphatic hydroxyl groups excluding tert-OH is 1. The van der Waals surface area contributed by atoms with Gasteiger partial charge in [0, 0.05) is 25.0 Å². The molecule has 1 aliphatic rings. The Hall–Kier alpha value is -1.64. The summed E-state index contributed by atoms with van der Waals surface area (Å²) in [7, 11) is -3.69. The Kier molecular flexibility index (Phi) is 4.31. The Morgan fingerprint density at radius 2 is 2.22 bits per heavy atom. The Balaban J connectivity index is 1.69. The monoisotopic (exact) mass is 339 g/mol. The lowest BCUT2D eigenvalue weighted by Gasteiger charge is -2.16. The Labute approximate surface area is 135 Å². The van der Waals surface area contributed by atoms with Crippen molar-refractivity contribution >= 4 is 10.0 Å². The summed E-state index contributed by atoms with van der Waals surface area (Å²) in [5.41, 5.74) is 0. The largest absolute Gasteiger partial charge is 0.465 e. The summed E-state index contributed by atoms with van der Waals surface area (Å²) in [4.78, 5) is 4.13. The van der Waals surface area contributed by atoms with Crippen molar-refractivity contribution in [1.82, 2.24) is 14.3 Å². The van der Waals surface area contributed by atoms with Crippen LogP contribution in [0.25, 0.3) is 0 Å². The first-order chi connectivity index (χ1) is 10.8. The van der Waals surface area contributed by atoms with Crippen molar-refractivity contribution in [3.8, 4) is 0 Å². The first-order valence-electron chi connectivity index (χ1n) is 7.58. The second kappa shape index (κ2) is 6.10. The van der Waals surface area contributed by atoms with Gasteiger partial charge >= 0.3 is 0 Å². The fraction of sp³-hybridized carbons (Fsp3) is 0.533. The van der Waals surface area contributed by atoms with Gasteiger partial charge in [-0.3, -0.25) is 0 Å². The standard InChI is InChI=1S/C15H21N3O4S/c1-10-5-15(11(2)22-10)23(20,21)17-13-6-12(7-14(13)19)8-18-4-3-16-9-18/h3-5,9,12-14,17,19H,6-8H2,1-2H3/t12?,13-,14-/m1/s1. The first-order valence-corrected chi connectivity index (χ1v) is 9.06. The molecule has 0 radical (unpaired) electrons. The second-order valence-corrected chi connectivity index (χ2v) is 7.85. The van der Waals surface area contributed by atoms with Crippen LogP contribution >= 0.6 is 0 Å². The van der Waals surface area contributed by atoms with E-state index in [0.29, 0.717) is 24.4 Å². The minimum absolute atomic E-state index is 0.139. The zero-order valence-electron chi connectivity index (χ0n) is 13.1. The summed E-state index contributed by atoms with van der Waals surface area (Å²) in [5.74, 6) is 1.12. The van der Waals surface area contributed by atoms with Crippen LogP contribution in [0.1, 0.15) is 24.4 Å². The predicted molar refractivity (Wildman–Crippen MR) is 83.2 cm³/mol. The van der Waals surface area contributed by atoms with Crippen LogP contribution in [0.15, 0.2) is 34.1 Å². The van der Waals surface area contributed by atoms with Crippen molar-refractivity contribution in [2.75, 3.05) is 0 Å². The maximum Gasteiger partial charge on any atom is 0.244 e. The fourth-order valence-electron chi connectivity index (χ4n) is 3.22. The lowest BCUT2D eigenvalue weighted by atomic mass is 10.1. The lowest BCUT2D eigenvalue weighted by molar-refractivity contribution is 0.154. The summed E-state index contributed by atoms with van der Waals surface area (Å²) >= 11 is 0. The van der Waals surface area contributed by atoms with Crippen molar-refractivity contribution in [3.63, 3.8) is 0 Å². The number of hydrogen-bond acceptors (Lipinski definition) is 5. The molecule has 1 saturated carbocycles. The number of imidazole rings is 1. The van der Waals surface area contributed by atoms with Gasteiger partial charge in [-0.15, -0.1) is 0 Å². The molecule has 0 saturated heterocycles. The molecule has 7 nitrogen and oxygen atoms in total. The molecular weight excluding hydrogens is 318 g/mol. The van der Waals surface area contributed by atoms with Gasteiger partial charge in [0.05, 0.1) is 12.4 Å². The number of hydrogen-bond donors (Lipinski definition) is 2.